The molecule has 0 heterocycles. The third kappa shape index (κ3) is 4.30. The molecule has 1 aromatic carbocycles. The van der Waals surface area contributed by atoms with Crippen LogP contribution in [0.4, 0.5) is 0 Å². The van der Waals surface area contributed by atoms with E-state index in [-0.39, 0.29) is 11.0 Å². The van der Waals surface area contributed by atoms with Gasteiger partial charge in [-0.3, -0.25) is 4.18 Å². The van der Waals surface area contributed by atoms with Crippen molar-refractivity contribution in [1.82, 2.24) is 0 Å². The molecule has 0 bridgehead atoms. The van der Waals surface area contributed by atoms with Gasteiger partial charge in [-0.1, -0.05) is 25.8 Å². The highest BCUT2D eigenvalue weighted by molar-refractivity contribution is 7.86. The molecule has 0 N–H and O–H groups in total. The smallest absolute Gasteiger partial charge is 0.263 e. The van der Waals surface area contributed by atoms with E-state index in [4.69, 9.17) is 4.18 Å². The number of hydrogen-bond donors (Lipinski definition) is 0. The first kappa shape index (κ1) is 16.5. The van der Waals surface area contributed by atoms with E-state index in [1.807, 2.05) is 19.9 Å². The highest BCUT2D eigenvalue weighted by Crippen LogP contribution is 2.31. The van der Waals surface area contributed by atoms with Gasteiger partial charge in [0.2, 0.25) is 0 Å². The summed E-state index contributed by atoms with van der Waals surface area (Å²) in [4.78, 5) is 0.279. The van der Waals surface area contributed by atoms with Gasteiger partial charge in [-0.15, -0.1) is 0 Å². The number of aryl methyl sites for hydroxylation is 2. The zero-order valence-electron chi connectivity index (χ0n) is 13.3. The maximum atomic E-state index is 12.3. The van der Waals surface area contributed by atoms with Crippen molar-refractivity contribution in [2.45, 2.75) is 70.3 Å². The van der Waals surface area contributed by atoms with Gasteiger partial charge in [0, 0.05) is 0 Å². The SMILES string of the molecule is CCC[C@H]1CC[C@H](OS(=O)(=O)c2ccc(C)c(C)c2)CC1. The molecule has 1 aliphatic rings. The predicted molar refractivity (Wildman–Crippen MR) is 84.8 cm³/mol. The van der Waals surface area contributed by atoms with Gasteiger partial charge in [-0.2, -0.15) is 8.42 Å². The molecule has 0 aromatic heterocycles. The summed E-state index contributed by atoms with van der Waals surface area (Å²) < 4.78 is 30.2. The van der Waals surface area contributed by atoms with E-state index >= 15 is 0 Å². The van der Waals surface area contributed by atoms with E-state index in [0.717, 1.165) is 42.7 Å². The Balaban J connectivity index is 2.00. The van der Waals surface area contributed by atoms with Gasteiger partial charge in [0.25, 0.3) is 10.1 Å². The van der Waals surface area contributed by atoms with Gasteiger partial charge < -0.3 is 0 Å². The lowest BCUT2D eigenvalue weighted by atomic mass is 9.85. The van der Waals surface area contributed by atoms with Crippen molar-refractivity contribution in [3.05, 3.63) is 29.3 Å². The summed E-state index contributed by atoms with van der Waals surface area (Å²) in [5.74, 6) is 0.749. The average molecular weight is 310 g/mol. The molecule has 0 spiro atoms. The Morgan fingerprint density at radius 3 is 2.33 bits per heavy atom. The Morgan fingerprint density at radius 1 is 1.10 bits per heavy atom. The monoisotopic (exact) mass is 310 g/mol. The van der Waals surface area contributed by atoms with Crippen molar-refractivity contribution in [1.29, 1.82) is 0 Å². The Labute approximate surface area is 128 Å². The van der Waals surface area contributed by atoms with Gasteiger partial charge in [0.15, 0.2) is 0 Å². The van der Waals surface area contributed by atoms with Crippen molar-refractivity contribution in [3.63, 3.8) is 0 Å². The lowest BCUT2D eigenvalue weighted by molar-refractivity contribution is 0.134. The van der Waals surface area contributed by atoms with E-state index in [0.29, 0.717) is 0 Å². The summed E-state index contributed by atoms with van der Waals surface area (Å²) in [5.41, 5.74) is 2.07. The largest absolute Gasteiger partial charge is 0.297 e. The van der Waals surface area contributed by atoms with Crippen LogP contribution in [-0.4, -0.2) is 14.5 Å². The molecule has 4 heteroatoms. The van der Waals surface area contributed by atoms with Crippen LogP contribution in [0.15, 0.2) is 23.1 Å². The summed E-state index contributed by atoms with van der Waals surface area (Å²) in [6, 6.07) is 5.18. The molecule has 0 saturated heterocycles. The molecule has 0 radical (unpaired) electrons. The summed E-state index contributed by atoms with van der Waals surface area (Å²) in [6.07, 6.45) is 6.18. The van der Waals surface area contributed by atoms with E-state index in [1.54, 1.807) is 12.1 Å². The van der Waals surface area contributed by atoms with Crippen molar-refractivity contribution >= 4 is 10.1 Å². The average Bonchev–Trinajstić information content (AvgIpc) is 2.44. The van der Waals surface area contributed by atoms with E-state index in [1.165, 1.54) is 12.8 Å². The molecular weight excluding hydrogens is 284 g/mol. The number of hydrogen-bond acceptors (Lipinski definition) is 3. The molecule has 1 fully saturated rings. The van der Waals surface area contributed by atoms with Gasteiger partial charge in [0.05, 0.1) is 11.0 Å². The van der Waals surface area contributed by atoms with Crippen LogP contribution in [0.3, 0.4) is 0 Å². The van der Waals surface area contributed by atoms with Crippen LogP contribution in [-0.2, 0) is 14.3 Å². The van der Waals surface area contributed by atoms with Crippen molar-refractivity contribution in [2.75, 3.05) is 0 Å². The Bertz CT molecular complexity index is 570. The predicted octanol–water partition coefficient (Wildman–Crippen LogP) is 4.37. The molecule has 3 nitrogen and oxygen atoms in total. The maximum Gasteiger partial charge on any atom is 0.297 e. The second-order valence-electron chi connectivity index (χ2n) is 6.23. The Morgan fingerprint density at radius 2 is 1.76 bits per heavy atom. The first-order valence-corrected chi connectivity index (χ1v) is 9.33. The molecule has 0 atom stereocenters. The molecule has 1 aliphatic carbocycles. The van der Waals surface area contributed by atoms with Gasteiger partial charge in [-0.25, -0.2) is 0 Å². The summed E-state index contributed by atoms with van der Waals surface area (Å²) >= 11 is 0. The number of rotatable bonds is 5. The Kier molecular flexibility index (Phi) is 5.44. The topological polar surface area (TPSA) is 43.4 Å². The maximum absolute atomic E-state index is 12.3. The second-order valence-corrected chi connectivity index (χ2v) is 7.80. The minimum absolute atomic E-state index is 0.148. The first-order valence-electron chi connectivity index (χ1n) is 7.93. The third-order valence-electron chi connectivity index (χ3n) is 4.52. The van der Waals surface area contributed by atoms with Crippen LogP contribution in [0.25, 0.3) is 0 Å². The molecule has 1 aromatic rings. The molecule has 2 rings (SSSR count). The van der Waals surface area contributed by atoms with Crippen LogP contribution in [0.1, 0.15) is 56.6 Å². The van der Waals surface area contributed by atoms with Crippen LogP contribution in [0.2, 0.25) is 0 Å². The summed E-state index contributed by atoms with van der Waals surface area (Å²) in [5, 5.41) is 0. The van der Waals surface area contributed by atoms with Gasteiger partial charge >= 0.3 is 0 Å². The quantitative estimate of drug-likeness (QED) is 0.759. The fourth-order valence-electron chi connectivity index (χ4n) is 3.03. The number of benzene rings is 1. The fraction of sp³-hybridized carbons (Fsp3) is 0.647. The lowest BCUT2D eigenvalue weighted by Gasteiger charge is -2.27. The van der Waals surface area contributed by atoms with Crippen LogP contribution in [0.5, 0.6) is 0 Å². The van der Waals surface area contributed by atoms with E-state index in [2.05, 4.69) is 6.92 Å². The van der Waals surface area contributed by atoms with Crippen LogP contribution >= 0.6 is 0 Å². The fourth-order valence-corrected chi connectivity index (χ4v) is 4.25. The van der Waals surface area contributed by atoms with E-state index in [9.17, 15) is 8.42 Å². The second kappa shape index (κ2) is 6.93. The minimum Gasteiger partial charge on any atom is -0.263 e. The molecule has 1 saturated carbocycles. The Hall–Kier alpha value is -0.870. The minimum atomic E-state index is -3.63. The molecular formula is C17H26O3S. The lowest BCUT2D eigenvalue weighted by Crippen LogP contribution is -2.24. The van der Waals surface area contributed by atoms with Crippen LogP contribution < -0.4 is 0 Å². The van der Waals surface area contributed by atoms with Crippen LogP contribution in [0, 0.1) is 19.8 Å². The van der Waals surface area contributed by atoms with E-state index < -0.39 is 10.1 Å². The molecule has 0 amide bonds. The first-order chi connectivity index (χ1) is 9.92. The van der Waals surface area contributed by atoms with Crippen molar-refractivity contribution in [2.24, 2.45) is 5.92 Å². The standard InChI is InChI=1S/C17H26O3S/c1-4-5-15-7-9-16(10-8-15)20-21(18,19)17-11-6-13(2)14(3)12-17/h6,11-12,15-16H,4-5,7-10H2,1-3H3/t15-,16-. The van der Waals surface area contributed by atoms with Gasteiger partial charge in [0.1, 0.15) is 0 Å². The summed E-state index contributed by atoms with van der Waals surface area (Å²) in [6.45, 7) is 6.10. The van der Waals surface area contributed by atoms with Gasteiger partial charge in [-0.05, 0) is 68.7 Å². The van der Waals surface area contributed by atoms with Crippen molar-refractivity contribution < 1.29 is 12.6 Å². The molecule has 21 heavy (non-hydrogen) atoms. The molecule has 0 unspecified atom stereocenters. The third-order valence-corrected chi connectivity index (χ3v) is 5.88. The highest BCUT2D eigenvalue weighted by atomic mass is 32.2. The summed E-state index contributed by atoms with van der Waals surface area (Å²) in [7, 11) is -3.63. The highest BCUT2D eigenvalue weighted by Gasteiger charge is 2.26. The molecule has 0 aliphatic heterocycles. The zero-order chi connectivity index (χ0) is 15.5. The zero-order valence-corrected chi connectivity index (χ0v) is 14.1. The normalized spacial score (nSPS) is 23.2. The van der Waals surface area contributed by atoms with Crippen molar-refractivity contribution in [3.8, 4) is 0 Å². The molecule has 118 valence electrons.